The number of benzene rings is 1. The van der Waals surface area contributed by atoms with E-state index >= 15 is 0 Å². The highest BCUT2D eigenvalue weighted by Crippen LogP contribution is 2.31. The summed E-state index contributed by atoms with van der Waals surface area (Å²) in [6, 6.07) is 7.10. The summed E-state index contributed by atoms with van der Waals surface area (Å²) in [6.45, 7) is 4.10. The lowest BCUT2D eigenvalue weighted by atomic mass is 10.0. The summed E-state index contributed by atoms with van der Waals surface area (Å²) in [5.74, 6) is -0.708. The number of hydrogen-bond donors (Lipinski definition) is 0. The fourth-order valence-electron chi connectivity index (χ4n) is 2.37. The number of halogens is 1. The van der Waals surface area contributed by atoms with Gasteiger partial charge in [0.15, 0.2) is 0 Å². The van der Waals surface area contributed by atoms with Gasteiger partial charge in [0.1, 0.15) is 0 Å². The summed E-state index contributed by atoms with van der Waals surface area (Å²) >= 11 is 5.95. The van der Waals surface area contributed by atoms with Gasteiger partial charge in [-0.15, -0.1) is 0 Å². The van der Waals surface area contributed by atoms with Crippen molar-refractivity contribution in [2.24, 2.45) is 0 Å². The van der Waals surface area contributed by atoms with Crippen molar-refractivity contribution in [1.82, 2.24) is 4.90 Å². The number of rotatable bonds is 3. The molecule has 1 aliphatic rings. The first-order valence-corrected chi connectivity index (χ1v) is 6.96. The number of nitrogens with zero attached hydrogens (tertiary/aromatic N) is 1. The summed E-state index contributed by atoms with van der Waals surface area (Å²) in [4.78, 5) is 26.0. The fourth-order valence-corrected chi connectivity index (χ4v) is 2.57. The van der Waals surface area contributed by atoms with E-state index in [4.69, 9.17) is 16.3 Å². The van der Waals surface area contributed by atoms with Crippen molar-refractivity contribution in [3.8, 4) is 0 Å². The van der Waals surface area contributed by atoms with Crippen LogP contribution in [0.3, 0.4) is 0 Å². The highest BCUT2D eigenvalue weighted by molar-refractivity contribution is 6.30. The fraction of sp³-hybridized carbons (Fsp3) is 0.250. The zero-order chi connectivity index (χ0) is 15.6. The van der Waals surface area contributed by atoms with E-state index in [2.05, 4.69) is 0 Å². The van der Waals surface area contributed by atoms with Crippen molar-refractivity contribution in [3.05, 3.63) is 51.7 Å². The molecule has 0 saturated heterocycles. The first-order chi connectivity index (χ1) is 9.99. The lowest BCUT2D eigenvalue weighted by Gasteiger charge is -2.14. The zero-order valence-corrected chi connectivity index (χ0v) is 12.9. The van der Waals surface area contributed by atoms with E-state index in [9.17, 15) is 9.59 Å². The number of methoxy groups -OCH3 is 1. The minimum absolute atomic E-state index is 0.199. The molecule has 0 aromatic heterocycles. The molecule has 1 heterocycles. The van der Waals surface area contributed by atoms with Gasteiger partial charge in [0.25, 0.3) is 5.91 Å². The average molecular weight is 306 g/mol. The van der Waals surface area contributed by atoms with Crippen molar-refractivity contribution in [3.63, 3.8) is 0 Å². The molecule has 5 heteroatoms. The van der Waals surface area contributed by atoms with E-state index in [0.29, 0.717) is 28.4 Å². The molecule has 0 atom stereocenters. The Hall–Kier alpha value is -2.07. The molecule has 0 aliphatic carbocycles. The van der Waals surface area contributed by atoms with Gasteiger partial charge in [-0.25, -0.2) is 4.79 Å². The monoisotopic (exact) mass is 305 g/mol. The minimum Gasteiger partial charge on any atom is -0.465 e. The molecule has 1 aromatic carbocycles. The Bertz CT molecular complexity index is 661. The number of carbonyl (C=O) groups excluding carboxylic acids is 2. The third-order valence-electron chi connectivity index (χ3n) is 3.38. The van der Waals surface area contributed by atoms with Gasteiger partial charge < -0.3 is 9.64 Å². The summed E-state index contributed by atoms with van der Waals surface area (Å²) in [5, 5.41) is 0.572. The second kappa shape index (κ2) is 6.14. The largest absolute Gasteiger partial charge is 0.465 e. The third-order valence-corrected chi connectivity index (χ3v) is 3.61. The lowest BCUT2D eigenvalue weighted by molar-refractivity contribution is -0.136. The van der Waals surface area contributed by atoms with Crippen LogP contribution in [0.4, 0.5) is 0 Å². The molecule has 0 fully saturated rings. The molecule has 1 amide bonds. The lowest BCUT2D eigenvalue weighted by Crippen LogP contribution is -2.24. The van der Waals surface area contributed by atoms with Crippen molar-refractivity contribution in [1.29, 1.82) is 0 Å². The van der Waals surface area contributed by atoms with Crippen molar-refractivity contribution in [2.45, 2.75) is 13.8 Å². The number of allylic oxidation sites excluding steroid dienone is 1. The van der Waals surface area contributed by atoms with Gasteiger partial charge in [-0.3, -0.25) is 4.79 Å². The van der Waals surface area contributed by atoms with E-state index in [0.717, 1.165) is 5.56 Å². The summed E-state index contributed by atoms with van der Waals surface area (Å²) < 4.78 is 4.79. The van der Waals surface area contributed by atoms with Gasteiger partial charge in [-0.05, 0) is 37.6 Å². The molecule has 110 valence electrons. The Morgan fingerprint density at radius 3 is 2.71 bits per heavy atom. The predicted molar refractivity (Wildman–Crippen MR) is 81.5 cm³/mol. The average Bonchev–Trinajstić information content (AvgIpc) is 2.69. The number of ether oxygens (including phenoxy) is 1. The number of carbonyl (C=O) groups is 2. The van der Waals surface area contributed by atoms with E-state index in [-0.39, 0.29) is 5.91 Å². The SMILES string of the molecule is CCN1C(=O)/C(=C\c2cccc(Cl)c2)C(C(=O)OC)=C1C. The van der Waals surface area contributed by atoms with Gasteiger partial charge in [-0.1, -0.05) is 23.7 Å². The van der Waals surface area contributed by atoms with Crippen LogP contribution in [0, 0.1) is 0 Å². The Morgan fingerprint density at radius 2 is 2.14 bits per heavy atom. The molecular formula is C16H16ClNO3. The molecule has 0 N–H and O–H groups in total. The van der Waals surface area contributed by atoms with Crippen LogP contribution in [0.1, 0.15) is 19.4 Å². The molecule has 0 spiro atoms. The number of esters is 1. The molecular weight excluding hydrogens is 290 g/mol. The number of amides is 1. The second-order valence-corrected chi connectivity index (χ2v) is 5.05. The van der Waals surface area contributed by atoms with Crippen LogP contribution in [-0.4, -0.2) is 30.4 Å². The van der Waals surface area contributed by atoms with Gasteiger partial charge in [-0.2, -0.15) is 0 Å². The Balaban J connectivity index is 2.55. The minimum atomic E-state index is -0.509. The van der Waals surface area contributed by atoms with Crippen LogP contribution >= 0.6 is 11.6 Å². The van der Waals surface area contributed by atoms with Crippen molar-refractivity contribution < 1.29 is 14.3 Å². The first-order valence-electron chi connectivity index (χ1n) is 6.58. The van der Waals surface area contributed by atoms with Gasteiger partial charge in [0, 0.05) is 17.3 Å². The normalized spacial score (nSPS) is 16.9. The van der Waals surface area contributed by atoms with Gasteiger partial charge >= 0.3 is 5.97 Å². The maximum absolute atomic E-state index is 12.4. The molecule has 1 aromatic rings. The highest BCUT2D eigenvalue weighted by Gasteiger charge is 2.35. The van der Waals surface area contributed by atoms with E-state index in [1.165, 1.54) is 7.11 Å². The third kappa shape index (κ3) is 2.85. The molecule has 0 bridgehead atoms. The molecule has 2 rings (SSSR count). The second-order valence-electron chi connectivity index (χ2n) is 4.61. The summed E-state index contributed by atoms with van der Waals surface area (Å²) in [6.07, 6.45) is 1.67. The number of likely N-dealkylation sites (N-methyl/N-ethyl adjacent to an activating group) is 1. The van der Waals surface area contributed by atoms with Crippen LogP contribution in [0.25, 0.3) is 6.08 Å². The molecule has 0 saturated carbocycles. The van der Waals surface area contributed by atoms with E-state index in [1.807, 2.05) is 13.0 Å². The van der Waals surface area contributed by atoms with Crippen molar-refractivity contribution >= 4 is 29.6 Å². The van der Waals surface area contributed by atoms with Crippen molar-refractivity contribution in [2.75, 3.05) is 13.7 Å². The first kappa shape index (κ1) is 15.3. The molecule has 1 aliphatic heterocycles. The summed E-state index contributed by atoms with van der Waals surface area (Å²) in [5.41, 5.74) is 2.02. The highest BCUT2D eigenvalue weighted by atomic mass is 35.5. The number of hydrogen-bond acceptors (Lipinski definition) is 3. The maximum Gasteiger partial charge on any atom is 0.340 e. The van der Waals surface area contributed by atoms with Crippen LogP contribution < -0.4 is 0 Å². The van der Waals surface area contributed by atoms with Gasteiger partial charge in [0.05, 0.1) is 18.3 Å². The smallest absolute Gasteiger partial charge is 0.340 e. The van der Waals surface area contributed by atoms with E-state index < -0.39 is 5.97 Å². The maximum atomic E-state index is 12.4. The summed E-state index contributed by atoms with van der Waals surface area (Å²) in [7, 11) is 1.30. The topological polar surface area (TPSA) is 46.6 Å². The quantitative estimate of drug-likeness (QED) is 0.637. The van der Waals surface area contributed by atoms with Crippen LogP contribution in [-0.2, 0) is 14.3 Å². The molecule has 21 heavy (non-hydrogen) atoms. The Morgan fingerprint density at radius 1 is 1.43 bits per heavy atom. The molecule has 4 nitrogen and oxygen atoms in total. The standard InChI is InChI=1S/C16H16ClNO3/c1-4-18-10(2)14(16(20)21-3)13(15(18)19)9-11-6-5-7-12(17)8-11/h5-9H,4H2,1-3H3/b13-9-. The van der Waals surface area contributed by atoms with Crippen LogP contribution in [0.15, 0.2) is 41.1 Å². The molecule has 0 unspecified atom stereocenters. The Labute approximate surface area is 128 Å². The van der Waals surface area contributed by atoms with E-state index in [1.54, 1.807) is 36.1 Å². The van der Waals surface area contributed by atoms with Gasteiger partial charge in [0.2, 0.25) is 0 Å². The Kier molecular flexibility index (Phi) is 4.48. The van der Waals surface area contributed by atoms with Crippen LogP contribution in [0.5, 0.6) is 0 Å². The molecule has 0 radical (unpaired) electrons. The zero-order valence-electron chi connectivity index (χ0n) is 12.1. The van der Waals surface area contributed by atoms with Crippen LogP contribution in [0.2, 0.25) is 5.02 Å². The predicted octanol–water partition coefficient (Wildman–Crippen LogP) is 3.03.